The second kappa shape index (κ2) is 8.34. The first-order chi connectivity index (χ1) is 10.2. The molecule has 1 fully saturated rings. The van der Waals surface area contributed by atoms with E-state index in [0.29, 0.717) is 5.92 Å². The zero-order valence-corrected chi connectivity index (χ0v) is 14.1. The molecule has 2 rings (SSSR count). The minimum absolute atomic E-state index is 0.625. The molecule has 0 bridgehead atoms. The number of nitrogens with zero attached hydrogens (tertiary/aromatic N) is 3. The van der Waals surface area contributed by atoms with Crippen molar-refractivity contribution in [2.45, 2.75) is 26.7 Å². The topological polar surface area (TPSA) is 49.8 Å². The Morgan fingerprint density at radius 2 is 2.48 bits per heavy atom. The number of nitrogens with one attached hydrogen (secondary N) is 1. The molecule has 1 aliphatic heterocycles. The van der Waals surface area contributed by atoms with Crippen LogP contribution in [0.1, 0.15) is 23.2 Å². The number of aryl methyl sites for hydroxylation is 1. The van der Waals surface area contributed by atoms with Gasteiger partial charge in [0.2, 0.25) is 0 Å². The van der Waals surface area contributed by atoms with Crippen molar-refractivity contribution in [1.82, 2.24) is 15.2 Å². The Kier molecular flexibility index (Phi) is 6.45. The number of hydrogen-bond donors (Lipinski definition) is 1. The van der Waals surface area contributed by atoms with Crippen LogP contribution >= 0.6 is 11.3 Å². The van der Waals surface area contributed by atoms with Crippen LogP contribution in [0.3, 0.4) is 0 Å². The average molecular weight is 310 g/mol. The zero-order chi connectivity index (χ0) is 15.1. The smallest absolute Gasteiger partial charge is 0.193 e. The lowest BCUT2D eigenvalue weighted by atomic mass is 10.1. The maximum Gasteiger partial charge on any atom is 0.193 e. The molecule has 0 radical (unpaired) electrons. The molecule has 21 heavy (non-hydrogen) atoms. The monoisotopic (exact) mass is 310 g/mol. The molecule has 2 heterocycles. The maximum absolute atomic E-state index is 5.45. The van der Waals surface area contributed by atoms with Crippen molar-refractivity contribution in [1.29, 1.82) is 0 Å². The highest BCUT2D eigenvalue weighted by Gasteiger charge is 2.18. The third-order valence-corrected chi connectivity index (χ3v) is 4.48. The van der Waals surface area contributed by atoms with E-state index in [0.717, 1.165) is 51.6 Å². The van der Waals surface area contributed by atoms with Crippen molar-refractivity contribution in [3.05, 3.63) is 16.1 Å². The number of aliphatic imine (C=N–C) groups is 1. The fourth-order valence-corrected chi connectivity index (χ4v) is 3.22. The van der Waals surface area contributed by atoms with E-state index in [1.54, 1.807) is 11.3 Å². The first kappa shape index (κ1) is 16.2. The molecule has 1 saturated heterocycles. The number of ether oxygens (including phenoxy) is 1. The van der Waals surface area contributed by atoms with Gasteiger partial charge < -0.3 is 15.0 Å². The van der Waals surface area contributed by atoms with E-state index in [-0.39, 0.29) is 0 Å². The van der Waals surface area contributed by atoms with Gasteiger partial charge in [-0.3, -0.25) is 4.99 Å². The predicted molar refractivity (Wildman–Crippen MR) is 88.1 cm³/mol. The van der Waals surface area contributed by atoms with E-state index in [2.05, 4.69) is 36.1 Å². The summed E-state index contributed by atoms with van der Waals surface area (Å²) in [5.41, 5.74) is 0. The molecule has 1 unspecified atom stereocenters. The van der Waals surface area contributed by atoms with Crippen LogP contribution in [-0.2, 0) is 11.2 Å². The predicted octanol–water partition coefficient (Wildman–Crippen LogP) is 1.93. The summed E-state index contributed by atoms with van der Waals surface area (Å²) in [7, 11) is 2.10. The molecule has 5 nitrogen and oxygen atoms in total. The van der Waals surface area contributed by atoms with Crippen molar-refractivity contribution in [3.8, 4) is 0 Å². The van der Waals surface area contributed by atoms with Gasteiger partial charge >= 0.3 is 0 Å². The van der Waals surface area contributed by atoms with E-state index in [4.69, 9.17) is 9.73 Å². The Morgan fingerprint density at radius 3 is 3.10 bits per heavy atom. The van der Waals surface area contributed by atoms with Gasteiger partial charge in [-0.15, -0.1) is 11.3 Å². The lowest BCUT2D eigenvalue weighted by Gasteiger charge is -2.24. The molecule has 0 amide bonds. The highest BCUT2D eigenvalue weighted by Crippen LogP contribution is 2.14. The Labute approximate surface area is 131 Å². The van der Waals surface area contributed by atoms with Crippen LogP contribution < -0.4 is 5.32 Å². The summed E-state index contributed by atoms with van der Waals surface area (Å²) in [6.07, 6.45) is 4.00. The molecular weight excluding hydrogens is 284 g/mol. The van der Waals surface area contributed by atoms with Crippen LogP contribution in [0.25, 0.3) is 0 Å². The molecule has 0 spiro atoms. The van der Waals surface area contributed by atoms with Crippen molar-refractivity contribution in [3.63, 3.8) is 0 Å². The molecule has 0 aliphatic carbocycles. The quantitative estimate of drug-likeness (QED) is 0.644. The van der Waals surface area contributed by atoms with Gasteiger partial charge in [-0.25, -0.2) is 4.98 Å². The van der Waals surface area contributed by atoms with Crippen LogP contribution in [0, 0.1) is 12.8 Å². The molecule has 0 saturated carbocycles. The van der Waals surface area contributed by atoms with Crippen LogP contribution in [-0.4, -0.2) is 55.7 Å². The SMILES string of the molecule is CCNC(=NCCc1ncc(C)s1)N(C)CC1CCOC1. The summed E-state index contributed by atoms with van der Waals surface area (Å²) in [5, 5.41) is 4.53. The van der Waals surface area contributed by atoms with Gasteiger partial charge in [-0.2, -0.15) is 0 Å². The molecule has 1 atom stereocenters. The van der Waals surface area contributed by atoms with Gasteiger partial charge in [0.1, 0.15) is 0 Å². The van der Waals surface area contributed by atoms with Gasteiger partial charge in [0.05, 0.1) is 11.6 Å². The summed E-state index contributed by atoms with van der Waals surface area (Å²) in [6.45, 7) is 8.64. The molecule has 118 valence electrons. The number of aromatic nitrogens is 1. The summed E-state index contributed by atoms with van der Waals surface area (Å²) >= 11 is 1.76. The fourth-order valence-electron chi connectivity index (χ4n) is 2.45. The summed E-state index contributed by atoms with van der Waals surface area (Å²) < 4.78 is 5.45. The minimum Gasteiger partial charge on any atom is -0.381 e. The van der Waals surface area contributed by atoms with Crippen molar-refractivity contribution >= 4 is 17.3 Å². The zero-order valence-electron chi connectivity index (χ0n) is 13.3. The van der Waals surface area contributed by atoms with Crippen LogP contribution in [0.4, 0.5) is 0 Å². The van der Waals surface area contributed by atoms with Gasteiger partial charge in [-0.1, -0.05) is 0 Å². The van der Waals surface area contributed by atoms with Crippen LogP contribution in [0.2, 0.25) is 0 Å². The number of rotatable bonds is 6. The fraction of sp³-hybridized carbons (Fsp3) is 0.733. The highest BCUT2D eigenvalue weighted by molar-refractivity contribution is 7.11. The van der Waals surface area contributed by atoms with E-state index in [9.17, 15) is 0 Å². The Morgan fingerprint density at radius 1 is 1.62 bits per heavy atom. The lowest BCUT2D eigenvalue weighted by molar-refractivity contribution is 0.181. The highest BCUT2D eigenvalue weighted by atomic mass is 32.1. The lowest BCUT2D eigenvalue weighted by Crippen LogP contribution is -2.41. The standard InChI is InChI=1S/C15H26N4OS/c1-4-16-15(19(3)10-13-6-8-20-11-13)17-7-5-14-18-9-12(2)21-14/h9,13H,4-8,10-11H2,1-3H3,(H,16,17). The maximum atomic E-state index is 5.45. The summed E-state index contributed by atoms with van der Waals surface area (Å²) in [6, 6.07) is 0. The third kappa shape index (κ3) is 5.28. The van der Waals surface area contributed by atoms with Crippen molar-refractivity contribution in [2.24, 2.45) is 10.9 Å². The van der Waals surface area contributed by atoms with E-state index < -0.39 is 0 Å². The molecule has 1 N–H and O–H groups in total. The molecule has 1 aliphatic rings. The van der Waals surface area contributed by atoms with Crippen molar-refractivity contribution in [2.75, 3.05) is 39.9 Å². The number of hydrogen-bond acceptors (Lipinski definition) is 4. The number of thiazole rings is 1. The first-order valence-corrected chi connectivity index (χ1v) is 8.49. The van der Waals surface area contributed by atoms with E-state index >= 15 is 0 Å². The minimum atomic E-state index is 0.625. The molecule has 1 aromatic rings. The van der Waals surface area contributed by atoms with Gasteiger partial charge in [0, 0.05) is 56.7 Å². The molecule has 1 aromatic heterocycles. The number of guanidine groups is 1. The van der Waals surface area contributed by atoms with E-state index in [1.165, 1.54) is 9.88 Å². The van der Waals surface area contributed by atoms with Crippen LogP contribution in [0.5, 0.6) is 0 Å². The van der Waals surface area contributed by atoms with Crippen molar-refractivity contribution < 1.29 is 4.74 Å². The second-order valence-corrected chi connectivity index (χ2v) is 6.78. The average Bonchev–Trinajstić information content (AvgIpc) is 3.09. The second-order valence-electron chi connectivity index (χ2n) is 5.46. The first-order valence-electron chi connectivity index (χ1n) is 7.67. The Bertz CT molecular complexity index is 454. The summed E-state index contributed by atoms with van der Waals surface area (Å²) in [4.78, 5) is 12.6. The summed E-state index contributed by atoms with van der Waals surface area (Å²) in [5.74, 6) is 1.61. The Balaban J connectivity index is 1.85. The van der Waals surface area contributed by atoms with Gasteiger partial charge in [0.15, 0.2) is 5.96 Å². The van der Waals surface area contributed by atoms with E-state index in [1.807, 2.05) is 6.20 Å². The van der Waals surface area contributed by atoms with Crippen LogP contribution in [0.15, 0.2) is 11.2 Å². The van der Waals surface area contributed by atoms with Gasteiger partial charge in [-0.05, 0) is 20.3 Å². The normalized spacial score (nSPS) is 19.0. The van der Waals surface area contributed by atoms with Gasteiger partial charge in [0.25, 0.3) is 0 Å². The molecular formula is C15H26N4OS. The molecule has 6 heteroatoms. The largest absolute Gasteiger partial charge is 0.381 e. The Hall–Kier alpha value is -1.14. The third-order valence-electron chi connectivity index (χ3n) is 3.51. The molecule has 0 aromatic carbocycles.